The molecule has 0 bridgehead atoms. The standard InChI is InChI=1S/C12H14N2O6/c1-7(2)6-19-9(15)3-4-10(16)20-8-5-13-12(18)14-11(8)17/h3-5,7H,6H2,1-2H3,(H2,13,14,17,18)/b4-3+. The first-order valence-corrected chi connectivity index (χ1v) is 5.77. The van der Waals surface area contributed by atoms with Gasteiger partial charge in [-0.25, -0.2) is 14.4 Å². The molecule has 1 aromatic rings. The average Bonchev–Trinajstić information content (AvgIpc) is 2.37. The summed E-state index contributed by atoms with van der Waals surface area (Å²) in [7, 11) is 0. The van der Waals surface area contributed by atoms with Crippen LogP contribution in [-0.2, 0) is 14.3 Å². The van der Waals surface area contributed by atoms with E-state index in [-0.39, 0.29) is 18.3 Å². The number of aromatic amines is 2. The highest BCUT2D eigenvalue weighted by molar-refractivity contribution is 5.92. The number of esters is 2. The van der Waals surface area contributed by atoms with Crippen molar-refractivity contribution in [2.75, 3.05) is 6.61 Å². The Labute approximate surface area is 113 Å². The number of nitrogens with one attached hydrogen (secondary N) is 2. The van der Waals surface area contributed by atoms with Crippen LogP contribution in [0.15, 0.2) is 27.9 Å². The second-order valence-corrected chi connectivity index (χ2v) is 4.21. The molecule has 0 radical (unpaired) electrons. The third kappa shape index (κ3) is 5.34. The first-order valence-electron chi connectivity index (χ1n) is 5.77. The Kier molecular flexibility index (Phi) is 5.45. The fourth-order valence-electron chi connectivity index (χ4n) is 1.05. The molecule has 1 aromatic heterocycles. The van der Waals surface area contributed by atoms with E-state index >= 15 is 0 Å². The maximum atomic E-state index is 11.3. The van der Waals surface area contributed by atoms with Gasteiger partial charge in [-0.1, -0.05) is 13.8 Å². The lowest BCUT2D eigenvalue weighted by atomic mass is 10.2. The Morgan fingerprint density at radius 1 is 1.25 bits per heavy atom. The van der Waals surface area contributed by atoms with Crippen molar-refractivity contribution in [1.29, 1.82) is 0 Å². The van der Waals surface area contributed by atoms with Crippen molar-refractivity contribution in [1.82, 2.24) is 9.97 Å². The molecule has 20 heavy (non-hydrogen) atoms. The lowest BCUT2D eigenvalue weighted by Gasteiger charge is -2.03. The van der Waals surface area contributed by atoms with E-state index in [1.807, 2.05) is 18.8 Å². The van der Waals surface area contributed by atoms with Crippen molar-refractivity contribution >= 4 is 11.9 Å². The van der Waals surface area contributed by atoms with Crippen LogP contribution < -0.4 is 16.0 Å². The van der Waals surface area contributed by atoms with Gasteiger partial charge in [0, 0.05) is 12.2 Å². The van der Waals surface area contributed by atoms with Gasteiger partial charge >= 0.3 is 17.6 Å². The highest BCUT2D eigenvalue weighted by Crippen LogP contribution is 1.98. The van der Waals surface area contributed by atoms with Crippen LogP contribution >= 0.6 is 0 Å². The smallest absolute Gasteiger partial charge is 0.336 e. The summed E-state index contributed by atoms with van der Waals surface area (Å²) in [5.41, 5.74) is -1.57. The topological polar surface area (TPSA) is 118 Å². The maximum Gasteiger partial charge on any atom is 0.336 e. The zero-order valence-corrected chi connectivity index (χ0v) is 11.0. The molecule has 0 atom stereocenters. The summed E-state index contributed by atoms with van der Waals surface area (Å²) in [6, 6.07) is 0. The van der Waals surface area contributed by atoms with Gasteiger partial charge in [0.15, 0.2) is 0 Å². The highest BCUT2D eigenvalue weighted by Gasteiger charge is 2.07. The molecule has 0 aliphatic carbocycles. The maximum absolute atomic E-state index is 11.3. The van der Waals surface area contributed by atoms with Crippen LogP contribution in [0.25, 0.3) is 0 Å². The highest BCUT2D eigenvalue weighted by atomic mass is 16.5. The number of aromatic nitrogens is 2. The quantitative estimate of drug-likeness (QED) is 0.566. The van der Waals surface area contributed by atoms with Gasteiger partial charge in [0.25, 0.3) is 5.56 Å². The molecule has 0 saturated heterocycles. The molecule has 108 valence electrons. The van der Waals surface area contributed by atoms with Gasteiger partial charge in [-0.15, -0.1) is 0 Å². The summed E-state index contributed by atoms with van der Waals surface area (Å²) in [5, 5.41) is 0. The average molecular weight is 282 g/mol. The lowest BCUT2D eigenvalue weighted by Crippen LogP contribution is -2.24. The van der Waals surface area contributed by atoms with Crippen molar-refractivity contribution in [3.8, 4) is 5.75 Å². The molecule has 0 saturated carbocycles. The summed E-state index contributed by atoms with van der Waals surface area (Å²) >= 11 is 0. The van der Waals surface area contributed by atoms with Gasteiger partial charge < -0.3 is 14.5 Å². The Hall–Kier alpha value is -2.64. The fourth-order valence-corrected chi connectivity index (χ4v) is 1.05. The number of hydrogen-bond donors (Lipinski definition) is 2. The number of carbonyl (C=O) groups excluding carboxylic acids is 2. The molecule has 2 N–H and O–H groups in total. The third-order valence-corrected chi connectivity index (χ3v) is 1.91. The van der Waals surface area contributed by atoms with Crippen LogP contribution in [0.3, 0.4) is 0 Å². The van der Waals surface area contributed by atoms with Gasteiger partial charge in [0.2, 0.25) is 5.75 Å². The van der Waals surface area contributed by atoms with Crippen LogP contribution in [-0.4, -0.2) is 28.5 Å². The Bertz CT molecular complexity index is 625. The second kappa shape index (κ2) is 7.07. The summed E-state index contributed by atoms with van der Waals surface area (Å²) < 4.78 is 9.42. The van der Waals surface area contributed by atoms with Crippen LogP contribution in [0.4, 0.5) is 0 Å². The lowest BCUT2D eigenvalue weighted by molar-refractivity contribution is -0.139. The molecule has 8 nitrogen and oxygen atoms in total. The van der Waals surface area contributed by atoms with Gasteiger partial charge in [0.05, 0.1) is 12.8 Å². The number of rotatable bonds is 5. The predicted molar refractivity (Wildman–Crippen MR) is 68.3 cm³/mol. The first kappa shape index (κ1) is 15.4. The molecular formula is C12H14N2O6. The summed E-state index contributed by atoms with van der Waals surface area (Å²) in [6.07, 6.45) is 2.67. The normalized spacial score (nSPS) is 10.8. The van der Waals surface area contributed by atoms with Crippen molar-refractivity contribution in [2.45, 2.75) is 13.8 Å². The molecule has 0 amide bonds. The molecule has 0 fully saturated rings. The second-order valence-electron chi connectivity index (χ2n) is 4.21. The van der Waals surface area contributed by atoms with E-state index in [0.717, 1.165) is 18.3 Å². The molecule has 0 aliphatic rings. The minimum absolute atomic E-state index is 0.180. The van der Waals surface area contributed by atoms with E-state index in [9.17, 15) is 19.2 Å². The Balaban J connectivity index is 2.57. The van der Waals surface area contributed by atoms with Crippen molar-refractivity contribution in [3.05, 3.63) is 39.2 Å². The van der Waals surface area contributed by atoms with E-state index in [0.29, 0.717) is 0 Å². The molecule has 0 unspecified atom stereocenters. The van der Waals surface area contributed by atoms with E-state index < -0.39 is 23.2 Å². The van der Waals surface area contributed by atoms with Crippen molar-refractivity contribution in [3.63, 3.8) is 0 Å². The molecular weight excluding hydrogens is 268 g/mol. The first-order chi connectivity index (χ1) is 9.38. The summed E-state index contributed by atoms with van der Waals surface area (Å²) in [4.78, 5) is 48.5. The van der Waals surface area contributed by atoms with Crippen LogP contribution in [0.2, 0.25) is 0 Å². The van der Waals surface area contributed by atoms with Crippen molar-refractivity contribution in [2.24, 2.45) is 5.92 Å². The van der Waals surface area contributed by atoms with Gasteiger partial charge in [0.1, 0.15) is 0 Å². The van der Waals surface area contributed by atoms with E-state index in [2.05, 4.69) is 9.72 Å². The van der Waals surface area contributed by atoms with Crippen molar-refractivity contribution < 1.29 is 19.1 Å². The Morgan fingerprint density at radius 2 is 1.90 bits per heavy atom. The van der Waals surface area contributed by atoms with Crippen LogP contribution in [0, 0.1) is 5.92 Å². The Morgan fingerprint density at radius 3 is 2.50 bits per heavy atom. The number of H-pyrrole nitrogens is 2. The largest absolute Gasteiger partial charge is 0.462 e. The zero-order valence-electron chi connectivity index (χ0n) is 11.0. The zero-order chi connectivity index (χ0) is 15.1. The number of carbonyl (C=O) groups is 2. The third-order valence-electron chi connectivity index (χ3n) is 1.91. The number of hydrogen-bond acceptors (Lipinski definition) is 6. The van der Waals surface area contributed by atoms with Gasteiger partial charge in [-0.05, 0) is 5.92 Å². The van der Waals surface area contributed by atoms with Crippen LogP contribution in [0.1, 0.15) is 13.8 Å². The molecule has 1 rings (SSSR count). The van der Waals surface area contributed by atoms with Gasteiger partial charge in [-0.3, -0.25) is 9.78 Å². The predicted octanol–water partition coefficient (Wildman–Crippen LogP) is -0.276. The molecule has 1 heterocycles. The monoisotopic (exact) mass is 282 g/mol. The van der Waals surface area contributed by atoms with E-state index in [4.69, 9.17) is 4.74 Å². The molecule has 8 heteroatoms. The minimum atomic E-state index is -0.941. The summed E-state index contributed by atoms with van der Waals surface area (Å²) in [6.45, 7) is 3.97. The fraction of sp³-hybridized carbons (Fsp3) is 0.333. The molecule has 0 spiro atoms. The molecule has 0 aliphatic heterocycles. The van der Waals surface area contributed by atoms with E-state index in [1.54, 1.807) is 0 Å². The minimum Gasteiger partial charge on any atom is -0.462 e. The van der Waals surface area contributed by atoms with E-state index in [1.165, 1.54) is 0 Å². The number of ether oxygens (including phenoxy) is 2. The SMILES string of the molecule is CC(C)COC(=O)/C=C/C(=O)Oc1c[nH]c(=O)[nH]c1=O. The summed E-state index contributed by atoms with van der Waals surface area (Å²) in [5.74, 6) is -1.83. The van der Waals surface area contributed by atoms with Gasteiger partial charge in [-0.2, -0.15) is 0 Å². The molecule has 0 aromatic carbocycles. The van der Waals surface area contributed by atoms with Crippen LogP contribution in [0.5, 0.6) is 5.75 Å².